The van der Waals surface area contributed by atoms with Gasteiger partial charge in [-0.05, 0) is 23.8 Å². The molecule has 1 fully saturated rings. The van der Waals surface area contributed by atoms with Crippen LogP contribution in [0.2, 0.25) is 0 Å². The number of hydrogen-bond acceptors (Lipinski definition) is 5. The van der Waals surface area contributed by atoms with E-state index in [1.54, 1.807) is 26.4 Å². The van der Waals surface area contributed by atoms with Gasteiger partial charge in [-0.2, -0.15) is 0 Å². The molecule has 0 spiro atoms. The van der Waals surface area contributed by atoms with E-state index in [0.29, 0.717) is 18.0 Å². The van der Waals surface area contributed by atoms with Crippen LogP contribution in [-0.2, 0) is 9.53 Å². The predicted octanol–water partition coefficient (Wildman–Crippen LogP) is 1.17. The van der Waals surface area contributed by atoms with Crippen LogP contribution in [0.3, 0.4) is 0 Å². The third-order valence-corrected chi connectivity index (χ3v) is 3.63. The average molecular weight is 320 g/mol. The smallest absolute Gasteiger partial charge is 0.244 e. The van der Waals surface area contributed by atoms with Gasteiger partial charge in [-0.3, -0.25) is 9.69 Å². The van der Waals surface area contributed by atoms with Gasteiger partial charge in [0.2, 0.25) is 5.91 Å². The molecule has 126 valence electrons. The van der Waals surface area contributed by atoms with E-state index in [9.17, 15) is 4.79 Å². The Hall–Kier alpha value is -2.05. The molecule has 1 aromatic carbocycles. The number of carbonyl (C=O) groups is 1. The Balaban J connectivity index is 1.80. The minimum atomic E-state index is -0.111. The zero-order valence-corrected chi connectivity index (χ0v) is 13.7. The van der Waals surface area contributed by atoms with Crippen molar-refractivity contribution in [3.63, 3.8) is 0 Å². The lowest BCUT2D eigenvalue weighted by Gasteiger charge is -2.26. The number of carbonyl (C=O) groups excluding carboxylic acids is 1. The SMILES string of the molecule is COc1cc(/C=C/C(=O)NCCN2CCOCC2)cc(OC)c1. The van der Waals surface area contributed by atoms with Gasteiger partial charge in [0.05, 0.1) is 27.4 Å². The predicted molar refractivity (Wildman–Crippen MR) is 88.8 cm³/mol. The number of hydrogen-bond donors (Lipinski definition) is 1. The molecule has 0 aromatic heterocycles. The lowest BCUT2D eigenvalue weighted by Crippen LogP contribution is -2.41. The Morgan fingerprint density at radius 1 is 1.22 bits per heavy atom. The van der Waals surface area contributed by atoms with Crippen molar-refractivity contribution < 1.29 is 19.0 Å². The molecule has 1 amide bonds. The van der Waals surface area contributed by atoms with Crippen LogP contribution < -0.4 is 14.8 Å². The van der Waals surface area contributed by atoms with Crippen molar-refractivity contribution in [2.45, 2.75) is 0 Å². The number of amides is 1. The lowest BCUT2D eigenvalue weighted by atomic mass is 10.2. The highest BCUT2D eigenvalue weighted by Gasteiger charge is 2.09. The summed E-state index contributed by atoms with van der Waals surface area (Å²) in [6.45, 7) is 4.86. The molecule has 1 aliphatic rings. The van der Waals surface area contributed by atoms with Crippen LogP contribution in [0, 0.1) is 0 Å². The van der Waals surface area contributed by atoms with E-state index in [4.69, 9.17) is 14.2 Å². The van der Waals surface area contributed by atoms with E-state index in [1.807, 2.05) is 12.1 Å². The Bertz CT molecular complexity index is 517. The molecule has 6 nitrogen and oxygen atoms in total. The van der Waals surface area contributed by atoms with Gasteiger partial charge in [-0.25, -0.2) is 0 Å². The summed E-state index contributed by atoms with van der Waals surface area (Å²) in [5, 5.41) is 2.89. The maximum absolute atomic E-state index is 11.9. The molecule has 0 unspecified atom stereocenters. The fraction of sp³-hybridized carbons (Fsp3) is 0.471. The third-order valence-electron chi connectivity index (χ3n) is 3.63. The first-order chi connectivity index (χ1) is 11.2. The highest BCUT2D eigenvalue weighted by molar-refractivity contribution is 5.91. The first-order valence-electron chi connectivity index (χ1n) is 7.70. The summed E-state index contributed by atoms with van der Waals surface area (Å²) in [6.07, 6.45) is 3.27. The average Bonchev–Trinajstić information content (AvgIpc) is 2.60. The van der Waals surface area contributed by atoms with Gasteiger partial charge in [0.1, 0.15) is 11.5 Å². The van der Waals surface area contributed by atoms with Crippen molar-refractivity contribution in [3.8, 4) is 11.5 Å². The van der Waals surface area contributed by atoms with Crippen molar-refractivity contribution >= 4 is 12.0 Å². The van der Waals surface area contributed by atoms with Gasteiger partial charge < -0.3 is 19.5 Å². The normalized spacial score (nSPS) is 15.6. The van der Waals surface area contributed by atoms with Crippen LogP contribution in [-0.4, -0.2) is 64.4 Å². The molecule has 6 heteroatoms. The largest absolute Gasteiger partial charge is 0.497 e. The monoisotopic (exact) mass is 320 g/mol. The summed E-state index contributed by atoms with van der Waals surface area (Å²) in [7, 11) is 3.20. The fourth-order valence-corrected chi connectivity index (χ4v) is 2.32. The molecule has 2 rings (SSSR count). The van der Waals surface area contributed by atoms with E-state index in [2.05, 4.69) is 10.2 Å². The summed E-state index contributed by atoms with van der Waals surface area (Å²) < 4.78 is 15.7. The Morgan fingerprint density at radius 2 is 1.87 bits per heavy atom. The van der Waals surface area contributed by atoms with E-state index in [-0.39, 0.29) is 5.91 Å². The number of rotatable bonds is 7. The first kappa shape index (κ1) is 17.3. The summed E-state index contributed by atoms with van der Waals surface area (Å²) in [6, 6.07) is 5.49. The van der Waals surface area contributed by atoms with Crippen LogP contribution in [0.4, 0.5) is 0 Å². The van der Waals surface area contributed by atoms with Crippen LogP contribution in [0.15, 0.2) is 24.3 Å². The van der Waals surface area contributed by atoms with Crippen molar-refractivity contribution in [1.82, 2.24) is 10.2 Å². The summed E-state index contributed by atoms with van der Waals surface area (Å²) >= 11 is 0. The van der Waals surface area contributed by atoms with Crippen LogP contribution in [0.1, 0.15) is 5.56 Å². The number of nitrogens with zero attached hydrogens (tertiary/aromatic N) is 1. The van der Waals surface area contributed by atoms with Gasteiger partial charge in [-0.1, -0.05) is 0 Å². The Kier molecular flexibility index (Phi) is 6.90. The maximum Gasteiger partial charge on any atom is 0.244 e. The van der Waals surface area contributed by atoms with Crippen LogP contribution in [0.5, 0.6) is 11.5 Å². The van der Waals surface area contributed by atoms with E-state index >= 15 is 0 Å². The quantitative estimate of drug-likeness (QED) is 0.764. The van der Waals surface area contributed by atoms with Crippen molar-refractivity contribution in [1.29, 1.82) is 0 Å². The van der Waals surface area contributed by atoms with Crippen molar-refractivity contribution in [2.24, 2.45) is 0 Å². The third kappa shape index (κ3) is 5.92. The molecule has 0 radical (unpaired) electrons. The molecular weight excluding hydrogens is 296 g/mol. The highest BCUT2D eigenvalue weighted by Crippen LogP contribution is 2.23. The topological polar surface area (TPSA) is 60.0 Å². The minimum absolute atomic E-state index is 0.111. The zero-order chi connectivity index (χ0) is 16.5. The molecule has 0 saturated carbocycles. The van der Waals surface area contributed by atoms with Crippen molar-refractivity contribution in [3.05, 3.63) is 29.8 Å². The van der Waals surface area contributed by atoms with E-state index in [0.717, 1.165) is 38.4 Å². The number of nitrogens with one attached hydrogen (secondary N) is 1. The molecule has 1 N–H and O–H groups in total. The lowest BCUT2D eigenvalue weighted by molar-refractivity contribution is -0.116. The molecule has 0 bridgehead atoms. The van der Waals surface area contributed by atoms with Crippen LogP contribution >= 0.6 is 0 Å². The second kappa shape index (κ2) is 9.17. The molecule has 1 aliphatic heterocycles. The fourth-order valence-electron chi connectivity index (χ4n) is 2.32. The molecule has 1 saturated heterocycles. The molecule has 0 atom stereocenters. The van der Waals surface area contributed by atoms with Gasteiger partial charge in [0, 0.05) is 38.3 Å². The number of morpholine rings is 1. The highest BCUT2D eigenvalue weighted by atomic mass is 16.5. The van der Waals surface area contributed by atoms with Gasteiger partial charge in [0.25, 0.3) is 0 Å². The van der Waals surface area contributed by atoms with Crippen LogP contribution in [0.25, 0.3) is 6.08 Å². The van der Waals surface area contributed by atoms with E-state index in [1.165, 1.54) is 6.08 Å². The molecule has 1 heterocycles. The second-order valence-corrected chi connectivity index (χ2v) is 5.22. The standard InChI is InChI=1S/C17H24N2O4/c1-21-15-11-14(12-16(13-15)22-2)3-4-17(20)18-5-6-19-7-9-23-10-8-19/h3-4,11-13H,5-10H2,1-2H3,(H,18,20)/b4-3+. The van der Waals surface area contributed by atoms with Crippen molar-refractivity contribution in [2.75, 3.05) is 53.6 Å². The molecule has 1 aromatic rings. The Labute approximate surface area is 137 Å². The zero-order valence-electron chi connectivity index (χ0n) is 13.7. The minimum Gasteiger partial charge on any atom is -0.497 e. The summed E-state index contributed by atoms with van der Waals surface area (Å²) in [5.41, 5.74) is 0.851. The molecular formula is C17H24N2O4. The molecule has 23 heavy (non-hydrogen) atoms. The number of benzene rings is 1. The second-order valence-electron chi connectivity index (χ2n) is 5.22. The summed E-state index contributed by atoms with van der Waals surface area (Å²) in [4.78, 5) is 14.1. The van der Waals surface area contributed by atoms with E-state index < -0.39 is 0 Å². The van der Waals surface area contributed by atoms with Gasteiger partial charge in [0.15, 0.2) is 0 Å². The molecule has 0 aliphatic carbocycles. The number of methoxy groups -OCH3 is 2. The maximum atomic E-state index is 11.9. The first-order valence-corrected chi connectivity index (χ1v) is 7.70. The van der Waals surface area contributed by atoms with Gasteiger partial charge in [-0.15, -0.1) is 0 Å². The Morgan fingerprint density at radius 3 is 2.48 bits per heavy atom. The number of ether oxygens (including phenoxy) is 3. The van der Waals surface area contributed by atoms with Gasteiger partial charge >= 0.3 is 0 Å². The summed E-state index contributed by atoms with van der Waals surface area (Å²) in [5.74, 6) is 1.27.